The van der Waals surface area contributed by atoms with Crippen molar-refractivity contribution in [3.8, 4) is 0 Å². The molecule has 2 N–H and O–H groups in total. The van der Waals surface area contributed by atoms with E-state index >= 15 is 0 Å². The molecule has 0 saturated heterocycles. The summed E-state index contributed by atoms with van der Waals surface area (Å²) in [4.78, 5) is 15.6. The minimum Gasteiger partial charge on any atom is -0.384 e. The lowest BCUT2D eigenvalue weighted by molar-refractivity contribution is 0.780. The zero-order valence-corrected chi connectivity index (χ0v) is 11.7. The molecular weight excluding hydrogens is 250 g/mol. The summed E-state index contributed by atoms with van der Waals surface area (Å²) >= 11 is 0. The third-order valence-electron chi connectivity index (χ3n) is 3.48. The van der Waals surface area contributed by atoms with E-state index in [2.05, 4.69) is 26.8 Å². The first-order valence-corrected chi connectivity index (χ1v) is 7.05. The highest BCUT2D eigenvalue weighted by atomic mass is 15.2. The molecule has 0 spiro atoms. The molecule has 2 heterocycles. The molecule has 0 unspecified atom stereocenters. The van der Waals surface area contributed by atoms with Crippen molar-refractivity contribution in [2.75, 3.05) is 17.2 Å². The number of hydrogen-bond acceptors (Lipinski definition) is 5. The average molecular weight is 269 g/mol. The van der Waals surface area contributed by atoms with Crippen LogP contribution in [-0.2, 0) is 6.54 Å². The van der Waals surface area contributed by atoms with Crippen LogP contribution in [0.2, 0.25) is 0 Å². The molecule has 3 rings (SSSR count). The Morgan fingerprint density at radius 1 is 1.30 bits per heavy atom. The van der Waals surface area contributed by atoms with E-state index in [1.807, 2.05) is 30.5 Å². The summed E-state index contributed by atoms with van der Waals surface area (Å²) < 4.78 is 0. The molecule has 0 radical (unpaired) electrons. The molecule has 5 heteroatoms. The fourth-order valence-corrected chi connectivity index (χ4v) is 2.20. The Morgan fingerprint density at radius 2 is 2.15 bits per heavy atom. The monoisotopic (exact) mass is 269 g/mol. The number of nitrogen functional groups attached to an aromatic ring is 1. The van der Waals surface area contributed by atoms with Crippen LogP contribution in [0.5, 0.6) is 0 Å². The van der Waals surface area contributed by atoms with Crippen molar-refractivity contribution in [2.45, 2.75) is 32.2 Å². The van der Waals surface area contributed by atoms with Crippen molar-refractivity contribution < 1.29 is 0 Å². The predicted molar refractivity (Wildman–Crippen MR) is 79.4 cm³/mol. The van der Waals surface area contributed by atoms with Gasteiger partial charge in [-0.2, -0.15) is 0 Å². The van der Waals surface area contributed by atoms with Crippen LogP contribution in [-0.4, -0.2) is 21.5 Å². The highest BCUT2D eigenvalue weighted by Gasteiger charge is 2.27. The van der Waals surface area contributed by atoms with E-state index in [0.29, 0.717) is 11.7 Å². The Hall–Kier alpha value is -2.17. The van der Waals surface area contributed by atoms with Gasteiger partial charge in [-0.05, 0) is 31.9 Å². The van der Waals surface area contributed by atoms with Gasteiger partial charge in [0.1, 0.15) is 17.5 Å². The fourth-order valence-electron chi connectivity index (χ4n) is 2.20. The van der Waals surface area contributed by atoms with E-state index in [0.717, 1.165) is 30.4 Å². The first kappa shape index (κ1) is 12.8. The quantitative estimate of drug-likeness (QED) is 0.902. The van der Waals surface area contributed by atoms with Gasteiger partial charge in [0.25, 0.3) is 0 Å². The maximum absolute atomic E-state index is 5.92. The number of anilines is 2. The molecule has 5 nitrogen and oxygen atoms in total. The Bertz CT molecular complexity index is 580. The zero-order chi connectivity index (χ0) is 13.9. The molecule has 0 aliphatic heterocycles. The molecule has 20 heavy (non-hydrogen) atoms. The lowest BCUT2D eigenvalue weighted by Crippen LogP contribution is -2.24. The number of aromatic nitrogens is 3. The summed E-state index contributed by atoms with van der Waals surface area (Å²) in [5.74, 6) is 2.84. The molecule has 1 aliphatic rings. The van der Waals surface area contributed by atoms with Gasteiger partial charge in [-0.1, -0.05) is 6.07 Å². The Labute approximate surface area is 118 Å². The van der Waals surface area contributed by atoms with Crippen molar-refractivity contribution >= 4 is 11.6 Å². The second kappa shape index (κ2) is 5.45. The van der Waals surface area contributed by atoms with Crippen molar-refractivity contribution in [2.24, 2.45) is 0 Å². The highest BCUT2D eigenvalue weighted by molar-refractivity contribution is 5.47. The molecule has 0 atom stereocenters. The van der Waals surface area contributed by atoms with Crippen molar-refractivity contribution in [3.63, 3.8) is 0 Å². The standard InChI is InChI=1S/C15H19N5/c1-2-20(10-12-5-3-4-8-17-12)14-9-13(16)18-15(19-14)11-6-7-11/h3-5,8-9,11H,2,6-7,10H2,1H3,(H2,16,18,19). The summed E-state index contributed by atoms with van der Waals surface area (Å²) in [6, 6.07) is 7.79. The third kappa shape index (κ3) is 2.87. The maximum Gasteiger partial charge on any atom is 0.136 e. The van der Waals surface area contributed by atoms with Gasteiger partial charge in [0, 0.05) is 24.7 Å². The van der Waals surface area contributed by atoms with Crippen LogP contribution < -0.4 is 10.6 Å². The summed E-state index contributed by atoms with van der Waals surface area (Å²) in [5, 5.41) is 0. The molecule has 0 amide bonds. The SMILES string of the molecule is CCN(Cc1ccccn1)c1cc(N)nc(C2CC2)n1. The van der Waals surface area contributed by atoms with Gasteiger partial charge in [-0.3, -0.25) is 4.98 Å². The lowest BCUT2D eigenvalue weighted by atomic mass is 10.3. The normalized spacial score (nSPS) is 14.2. The Balaban J connectivity index is 1.85. The number of rotatable bonds is 5. The summed E-state index contributed by atoms with van der Waals surface area (Å²) in [7, 11) is 0. The van der Waals surface area contributed by atoms with Crippen LogP contribution in [0.15, 0.2) is 30.5 Å². The summed E-state index contributed by atoms with van der Waals surface area (Å²) in [6.07, 6.45) is 4.16. The first-order chi connectivity index (χ1) is 9.76. The molecule has 2 aromatic rings. The van der Waals surface area contributed by atoms with E-state index in [9.17, 15) is 0 Å². The maximum atomic E-state index is 5.92. The van der Waals surface area contributed by atoms with Crippen LogP contribution in [0.3, 0.4) is 0 Å². The lowest BCUT2D eigenvalue weighted by Gasteiger charge is -2.22. The fraction of sp³-hybridized carbons (Fsp3) is 0.400. The van der Waals surface area contributed by atoms with Gasteiger partial charge in [-0.15, -0.1) is 0 Å². The minimum atomic E-state index is 0.505. The van der Waals surface area contributed by atoms with Crippen LogP contribution >= 0.6 is 0 Å². The highest BCUT2D eigenvalue weighted by Crippen LogP contribution is 2.38. The molecule has 0 aromatic carbocycles. The largest absolute Gasteiger partial charge is 0.384 e. The van der Waals surface area contributed by atoms with E-state index in [-0.39, 0.29) is 0 Å². The first-order valence-electron chi connectivity index (χ1n) is 7.05. The predicted octanol–water partition coefficient (Wildman–Crippen LogP) is 2.36. The van der Waals surface area contributed by atoms with Crippen LogP contribution in [0.25, 0.3) is 0 Å². The summed E-state index contributed by atoms with van der Waals surface area (Å²) in [6.45, 7) is 3.70. The van der Waals surface area contributed by atoms with E-state index in [4.69, 9.17) is 5.73 Å². The molecule has 2 aromatic heterocycles. The average Bonchev–Trinajstić information content (AvgIpc) is 3.30. The number of pyridine rings is 1. The molecular formula is C15H19N5. The van der Waals surface area contributed by atoms with Crippen molar-refractivity contribution in [1.29, 1.82) is 0 Å². The van der Waals surface area contributed by atoms with Crippen molar-refractivity contribution in [1.82, 2.24) is 15.0 Å². The number of nitrogens with two attached hydrogens (primary N) is 1. The van der Waals surface area contributed by atoms with Gasteiger partial charge in [-0.25, -0.2) is 9.97 Å². The van der Waals surface area contributed by atoms with Crippen LogP contribution in [0.4, 0.5) is 11.6 Å². The second-order valence-electron chi connectivity index (χ2n) is 5.12. The second-order valence-corrected chi connectivity index (χ2v) is 5.12. The number of hydrogen-bond donors (Lipinski definition) is 1. The molecule has 0 bridgehead atoms. The van der Waals surface area contributed by atoms with E-state index in [1.165, 1.54) is 12.8 Å². The van der Waals surface area contributed by atoms with Gasteiger partial charge >= 0.3 is 0 Å². The van der Waals surface area contributed by atoms with Crippen LogP contribution in [0, 0.1) is 0 Å². The van der Waals surface area contributed by atoms with Gasteiger partial charge in [0.05, 0.1) is 12.2 Å². The molecule has 1 aliphatic carbocycles. The van der Waals surface area contributed by atoms with Gasteiger partial charge < -0.3 is 10.6 Å². The molecule has 104 valence electrons. The van der Waals surface area contributed by atoms with Crippen molar-refractivity contribution in [3.05, 3.63) is 42.0 Å². The topological polar surface area (TPSA) is 67.9 Å². The third-order valence-corrected chi connectivity index (χ3v) is 3.48. The van der Waals surface area contributed by atoms with E-state index < -0.39 is 0 Å². The van der Waals surface area contributed by atoms with Gasteiger partial charge in [0.15, 0.2) is 0 Å². The minimum absolute atomic E-state index is 0.505. The zero-order valence-electron chi connectivity index (χ0n) is 11.7. The summed E-state index contributed by atoms with van der Waals surface area (Å²) in [5.41, 5.74) is 6.94. The Kier molecular flexibility index (Phi) is 3.50. The van der Waals surface area contributed by atoms with Crippen LogP contribution in [0.1, 0.15) is 37.2 Å². The molecule has 1 saturated carbocycles. The Morgan fingerprint density at radius 3 is 2.80 bits per heavy atom. The van der Waals surface area contributed by atoms with Gasteiger partial charge in [0.2, 0.25) is 0 Å². The smallest absolute Gasteiger partial charge is 0.136 e. The number of nitrogens with zero attached hydrogens (tertiary/aromatic N) is 4. The van der Waals surface area contributed by atoms with E-state index in [1.54, 1.807) is 0 Å². The molecule has 1 fully saturated rings.